The van der Waals surface area contributed by atoms with Crippen molar-refractivity contribution < 1.29 is 9.53 Å². The quantitative estimate of drug-likeness (QED) is 0.650. The molecule has 1 aromatic heterocycles. The molecule has 0 aliphatic heterocycles. The number of anilines is 2. The zero-order valence-electron chi connectivity index (χ0n) is 17.2. The molecule has 1 heterocycles. The first-order chi connectivity index (χ1) is 13.9. The van der Waals surface area contributed by atoms with Crippen LogP contribution in [0.3, 0.4) is 0 Å². The molecule has 29 heavy (non-hydrogen) atoms. The van der Waals surface area contributed by atoms with Crippen LogP contribution in [-0.2, 0) is 12.0 Å². The van der Waals surface area contributed by atoms with Crippen LogP contribution in [0.1, 0.15) is 42.3 Å². The second-order valence-corrected chi connectivity index (χ2v) is 7.75. The third-order valence-electron chi connectivity index (χ3n) is 4.51. The number of ether oxygens (including phenoxy) is 1. The Bertz CT molecular complexity index is 961. The molecule has 0 fully saturated rings. The van der Waals surface area contributed by atoms with E-state index in [1.165, 1.54) is 18.0 Å². The highest BCUT2D eigenvalue weighted by Crippen LogP contribution is 2.30. The van der Waals surface area contributed by atoms with Crippen LogP contribution in [0.15, 0.2) is 60.9 Å². The van der Waals surface area contributed by atoms with Gasteiger partial charge in [0.25, 0.3) is 5.91 Å². The van der Waals surface area contributed by atoms with Crippen LogP contribution in [0.2, 0.25) is 0 Å². The molecule has 0 saturated heterocycles. The Morgan fingerprint density at radius 2 is 1.66 bits per heavy atom. The van der Waals surface area contributed by atoms with Crippen molar-refractivity contribution in [3.63, 3.8) is 0 Å². The van der Waals surface area contributed by atoms with Gasteiger partial charge in [0.15, 0.2) is 0 Å². The Labute approximate surface area is 171 Å². The molecule has 0 radical (unpaired) electrons. The van der Waals surface area contributed by atoms with Gasteiger partial charge in [-0.3, -0.25) is 4.79 Å². The molecule has 2 N–H and O–H groups in total. The molecule has 3 rings (SSSR count). The van der Waals surface area contributed by atoms with E-state index in [2.05, 4.69) is 47.4 Å². The average Bonchev–Trinajstić information content (AvgIpc) is 2.72. The largest absolute Gasteiger partial charge is 0.497 e. The smallest absolute Gasteiger partial charge is 0.254 e. The molecule has 0 bridgehead atoms. The monoisotopic (exact) mass is 390 g/mol. The normalized spacial score (nSPS) is 11.0. The summed E-state index contributed by atoms with van der Waals surface area (Å²) < 4.78 is 5.13. The van der Waals surface area contributed by atoms with Crippen molar-refractivity contribution in [2.24, 2.45) is 0 Å². The lowest BCUT2D eigenvalue weighted by Crippen LogP contribution is -2.23. The van der Waals surface area contributed by atoms with Crippen LogP contribution in [0, 0.1) is 0 Å². The number of carbonyl (C=O) groups is 1. The highest BCUT2D eigenvalue weighted by atomic mass is 16.5. The van der Waals surface area contributed by atoms with E-state index in [1.54, 1.807) is 7.11 Å². The first-order valence-corrected chi connectivity index (χ1v) is 9.46. The van der Waals surface area contributed by atoms with E-state index in [0.29, 0.717) is 18.1 Å². The Hall–Kier alpha value is -3.41. The molecular formula is C23H26N4O2. The van der Waals surface area contributed by atoms with Gasteiger partial charge in [-0.2, -0.15) is 0 Å². The number of carbonyl (C=O) groups excluding carboxylic acids is 1. The van der Waals surface area contributed by atoms with Gasteiger partial charge >= 0.3 is 0 Å². The van der Waals surface area contributed by atoms with E-state index in [4.69, 9.17) is 4.74 Å². The summed E-state index contributed by atoms with van der Waals surface area (Å²) in [5.74, 6) is 1.01. The third kappa shape index (κ3) is 5.31. The predicted molar refractivity (Wildman–Crippen MR) is 115 cm³/mol. The Morgan fingerprint density at radius 1 is 1.00 bits per heavy atom. The standard InChI is InChI=1S/C23H26N4O2/c1-23(2,3)19-7-5-6-8-20(19)27-22-25-14-17(15-26-22)21(28)24-13-16-9-11-18(29-4)12-10-16/h5-12,14-15H,13H2,1-4H3,(H,24,28)(H,25,26,27). The van der Waals surface area contributed by atoms with Crippen molar-refractivity contribution in [2.75, 3.05) is 12.4 Å². The van der Waals surface area contributed by atoms with Crippen LogP contribution in [0.4, 0.5) is 11.6 Å². The maximum atomic E-state index is 12.4. The zero-order valence-corrected chi connectivity index (χ0v) is 17.2. The molecule has 6 nitrogen and oxygen atoms in total. The van der Waals surface area contributed by atoms with Crippen molar-refractivity contribution >= 4 is 17.5 Å². The highest BCUT2D eigenvalue weighted by Gasteiger charge is 2.18. The lowest BCUT2D eigenvalue weighted by Gasteiger charge is -2.22. The minimum atomic E-state index is -0.220. The molecule has 2 aromatic carbocycles. The molecule has 0 atom stereocenters. The summed E-state index contributed by atoms with van der Waals surface area (Å²) in [7, 11) is 1.62. The van der Waals surface area contributed by atoms with Crippen LogP contribution in [0.25, 0.3) is 0 Å². The van der Waals surface area contributed by atoms with Gasteiger partial charge in [-0.1, -0.05) is 51.1 Å². The van der Waals surface area contributed by atoms with Gasteiger partial charge in [-0.05, 0) is 34.7 Å². The summed E-state index contributed by atoms with van der Waals surface area (Å²) in [4.78, 5) is 21.0. The molecule has 0 spiro atoms. The fraction of sp³-hybridized carbons (Fsp3) is 0.261. The van der Waals surface area contributed by atoms with Gasteiger partial charge in [0.1, 0.15) is 5.75 Å². The Kier molecular flexibility index (Phi) is 6.12. The molecule has 6 heteroatoms. The number of hydrogen-bond donors (Lipinski definition) is 2. The number of methoxy groups -OCH3 is 1. The minimum Gasteiger partial charge on any atom is -0.497 e. The first-order valence-electron chi connectivity index (χ1n) is 9.46. The number of nitrogens with one attached hydrogen (secondary N) is 2. The Balaban J connectivity index is 1.63. The summed E-state index contributed by atoms with van der Waals surface area (Å²) in [5.41, 5.74) is 3.51. The van der Waals surface area contributed by atoms with Crippen LogP contribution in [0.5, 0.6) is 5.75 Å². The topological polar surface area (TPSA) is 76.1 Å². The van der Waals surface area contributed by atoms with E-state index in [-0.39, 0.29) is 11.3 Å². The minimum absolute atomic E-state index is 0.00905. The van der Waals surface area contributed by atoms with Gasteiger partial charge in [-0.15, -0.1) is 0 Å². The number of rotatable bonds is 6. The number of benzene rings is 2. The highest BCUT2D eigenvalue weighted by molar-refractivity contribution is 5.93. The second kappa shape index (κ2) is 8.73. The maximum absolute atomic E-state index is 12.4. The predicted octanol–water partition coefficient (Wildman–Crippen LogP) is 4.46. The van der Waals surface area contributed by atoms with Crippen molar-refractivity contribution in [3.8, 4) is 5.75 Å². The summed E-state index contributed by atoms with van der Waals surface area (Å²) >= 11 is 0. The van der Waals surface area contributed by atoms with Gasteiger partial charge in [0.2, 0.25) is 5.95 Å². The van der Waals surface area contributed by atoms with Gasteiger partial charge in [0, 0.05) is 24.6 Å². The molecule has 0 aliphatic rings. The number of amides is 1. The van der Waals surface area contributed by atoms with Crippen molar-refractivity contribution in [1.29, 1.82) is 0 Å². The van der Waals surface area contributed by atoms with E-state index in [1.807, 2.05) is 42.5 Å². The lowest BCUT2D eigenvalue weighted by atomic mass is 9.86. The van der Waals surface area contributed by atoms with Crippen molar-refractivity contribution in [1.82, 2.24) is 15.3 Å². The Morgan fingerprint density at radius 3 is 2.28 bits per heavy atom. The summed E-state index contributed by atoms with van der Waals surface area (Å²) in [6.45, 7) is 6.89. The van der Waals surface area contributed by atoms with Gasteiger partial charge in [-0.25, -0.2) is 9.97 Å². The lowest BCUT2D eigenvalue weighted by molar-refractivity contribution is 0.0950. The van der Waals surface area contributed by atoms with Crippen LogP contribution in [-0.4, -0.2) is 23.0 Å². The van der Waals surface area contributed by atoms with Gasteiger partial charge < -0.3 is 15.4 Å². The molecule has 150 valence electrons. The fourth-order valence-electron chi connectivity index (χ4n) is 2.90. The molecular weight excluding hydrogens is 364 g/mol. The van der Waals surface area contributed by atoms with E-state index >= 15 is 0 Å². The molecule has 0 unspecified atom stereocenters. The number of hydrogen-bond acceptors (Lipinski definition) is 5. The first kappa shape index (κ1) is 20.3. The summed E-state index contributed by atoms with van der Waals surface area (Å²) in [6.07, 6.45) is 3.05. The summed E-state index contributed by atoms with van der Waals surface area (Å²) in [5, 5.41) is 6.12. The van der Waals surface area contributed by atoms with E-state index in [9.17, 15) is 4.79 Å². The average molecular weight is 390 g/mol. The number of nitrogens with zero attached hydrogens (tertiary/aromatic N) is 2. The number of para-hydroxylation sites is 1. The third-order valence-corrected chi connectivity index (χ3v) is 4.51. The van der Waals surface area contributed by atoms with Crippen molar-refractivity contribution in [2.45, 2.75) is 32.7 Å². The zero-order chi connectivity index (χ0) is 20.9. The molecule has 0 saturated carbocycles. The molecule has 3 aromatic rings. The molecule has 0 aliphatic carbocycles. The number of aromatic nitrogens is 2. The van der Waals surface area contributed by atoms with Crippen molar-refractivity contribution in [3.05, 3.63) is 77.6 Å². The maximum Gasteiger partial charge on any atom is 0.254 e. The van der Waals surface area contributed by atoms with E-state index < -0.39 is 0 Å². The summed E-state index contributed by atoms with van der Waals surface area (Å²) in [6, 6.07) is 15.6. The van der Waals surface area contributed by atoms with Crippen LogP contribution < -0.4 is 15.4 Å². The second-order valence-electron chi connectivity index (χ2n) is 7.75. The van der Waals surface area contributed by atoms with E-state index in [0.717, 1.165) is 17.0 Å². The van der Waals surface area contributed by atoms with Gasteiger partial charge in [0.05, 0.1) is 12.7 Å². The molecule has 1 amide bonds. The fourth-order valence-corrected chi connectivity index (χ4v) is 2.90. The van der Waals surface area contributed by atoms with Crippen LogP contribution >= 0.6 is 0 Å². The SMILES string of the molecule is COc1ccc(CNC(=O)c2cnc(Nc3ccccc3C(C)(C)C)nc2)cc1.